The van der Waals surface area contributed by atoms with Crippen LogP contribution in [0.1, 0.15) is 59.3 Å². The number of amides is 2. The Morgan fingerprint density at radius 3 is 2.40 bits per heavy atom. The van der Waals surface area contributed by atoms with Crippen molar-refractivity contribution in [3.63, 3.8) is 0 Å². The number of halogens is 6. The van der Waals surface area contributed by atoms with Gasteiger partial charge in [0, 0.05) is 37.2 Å². The van der Waals surface area contributed by atoms with Crippen LogP contribution in [0, 0.1) is 11.8 Å². The van der Waals surface area contributed by atoms with Gasteiger partial charge < -0.3 is 36.1 Å². The molecule has 1 saturated heterocycles. The standard InChI is InChI=1S/C36H39F6N5O5S/c1-51-34(50)28(11-12-31(43)48)46-33(49)21-7-10-26(29(18-21)52-20-36(40,41)42)44-15-3-6-30-25(19-35(37,38)39)24-4-2-5-27(32(24)53-30)45-22-13-16-47(17-14-22)23-8-9-23/h2,4-5,7,10,18,22-23,28,44-45H,8-9,11-17,19-20H2,1H3,(H2,43,48)(H,46,49). The molecule has 17 heteroatoms. The first kappa shape index (κ1) is 39.5. The van der Waals surface area contributed by atoms with Crippen molar-refractivity contribution >= 4 is 50.6 Å². The molecule has 1 aliphatic carbocycles. The van der Waals surface area contributed by atoms with Crippen LogP contribution in [0.15, 0.2) is 36.4 Å². The van der Waals surface area contributed by atoms with Gasteiger partial charge in [0.1, 0.15) is 11.8 Å². The number of fused-ring (bicyclic) bond motifs is 1. The van der Waals surface area contributed by atoms with E-state index in [1.54, 1.807) is 12.1 Å². The third kappa shape index (κ3) is 11.4. The molecule has 1 atom stereocenters. The molecular weight excluding hydrogens is 728 g/mol. The minimum atomic E-state index is -4.72. The number of nitrogens with two attached hydrogens (primary N) is 1. The molecule has 0 spiro atoms. The zero-order valence-corrected chi connectivity index (χ0v) is 29.5. The van der Waals surface area contributed by atoms with E-state index in [2.05, 4.69) is 37.4 Å². The highest BCUT2D eigenvalue weighted by molar-refractivity contribution is 7.20. The van der Waals surface area contributed by atoms with Crippen molar-refractivity contribution in [3.05, 3.63) is 52.4 Å². The van der Waals surface area contributed by atoms with Crippen molar-refractivity contribution in [2.45, 2.75) is 75.4 Å². The van der Waals surface area contributed by atoms with Gasteiger partial charge in [-0.1, -0.05) is 24.0 Å². The smallest absolute Gasteiger partial charge is 0.422 e. The van der Waals surface area contributed by atoms with Gasteiger partial charge in [-0.25, -0.2) is 4.79 Å². The molecule has 0 radical (unpaired) electrons. The minimum Gasteiger partial charge on any atom is -0.482 e. The van der Waals surface area contributed by atoms with Crippen molar-refractivity contribution in [1.82, 2.24) is 10.2 Å². The van der Waals surface area contributed by atoms with Gasteiger partial charge in [0.05, 0.1) is 41.0 Å². The van der Waals surface area contributed by atoms with Gasteiger partial charge in [-0.15, -0.1) is 11.3 Å². The average Bonchev–Trinajstić information content (AvgIpc) is 3.90. The van der Waals surface area contributed by atoms with Crippen LogP contribution in [0.3, 0.4) is 0 Å². The Morgan fingerprint density at radius 2 is 1.75 bits per heavy atom. The highest BCUT2D eigenvalue weighted by Crippen LogP contribution is 2.40. The maximum absolute atomic E-state index is 13.8. The predicted molar refractivity (Wildman–Crippen MR) is 188 cm³/mol. The lowest BCUT2D eigenvalue weighted by molar-refractivity contribution is -0.153. The number of nitrogens with zero attached hydrogens (tertiary/aromatic N) is 1. The fourth-order valence-electron chi connectivity index (χ4n) is 6.10. The number of carbonyl (C=O) groups is 3. The molecule has 53 heavy (non-hydrogen) atoms. The van der Waals surface area contributed by atoms with Gasteiger partial charge in [-0.05, 0) is 67.3 Å². The molecule has 1 unspecified atom stereocenters. The van der Waals surface area contributed by atoms with Crippen LogP contribution in [0.4, 0.5) is 37.7 Å². The summed E-state index contributed by atoms with van der Waals surface area (Å²) < 4.78 is 90.9. The zero-order chi connectivity index (χ0) is 38.3. The van der Waals surface area contributed by atoms with E-state index in [4.69, 9.17) is 10.5 Å². The molecule has 2 aliphatic rings. The monoisotopic (exact) mass is 767 g/mol. The maximum Gasteiger partial charge on any atom is 0.422 e. The van der Waals surface area contributed by atoms with Crippen molar-refractivity contribution in [2.24, 2.45) is 5.73 Å². The Hall–Kier alpha value is -4.69. The number of esters is 1. The number of rotatable bonds is 14. The molecule has 10 nitrogen and oxygen atoms in total. The van der Waals surface area contributed by atoms with E-state index >= 15 is 0 Å². The molecule has 5 rings (SSSR count). The van der Waals surface area contributed by atoms with E-state index in [1.807, 2.05) is 6.07 Å². The van der Waals surface area contributed by atoms with E-state index in [1.165, 1.54) is 25.0 Å². The first-order valence-corrected chi connectivity index (χ1v) is 17.8. The number of primary amides is 1. The molecule has 3 aromatic rings. The normalized spacial score (nSPS) is 16.0. The number of alkyl halides is 6. The van der Waals surface area contributed by atoms with Gasteiger partial charge in [-0.2, -0.15) is 26.3 Å². The van der Waals surface area contributed by atoms with Crippen LogP contribution in [-0.2, 0) is 20.7 Å². The number of nitrogens with one attached hydrogen (secondary N) is 3. The summed E-state index contributed by atoms with van der Waals surface area (Å²) >= 11 is 1.15. The lowest BCUT2D eigenvalue weighted by Gasteiger charge is -2.33. The van der Waals surface area contributed by atoms with E-state index in [9.17, 15) is 40.7 Å². The number of hydrogen-bond acceptors (Lipinski definition) is 9. The molecule has 2 fully saturated rings. The van der Waals surface area contributed by atoms with Gasteiger partial charge in [0.25, 0.3) is 5.91 Å². The van der Waals surface area contributed by atoms with Crippen LogP contribution in [-0.4, -0.2) is 86.5 Å². The highest BCUT2D eigenvalue weighted by atomic mass is 32.1. The highest BCUT2D eigenvalue weighted by Gasteiger charge is 2.34. The lowest BCUT2D eigenvalue weighted by Crippen LogP contribution is -2.42. The van der Waals surface area contributed by atoms with Crippen molar-refractivity contribution < 1.29 is 50.2 Å². The largest absolute Gasteiger partial charge is 0.482 e. The average molecular weight is 768 g/mol. The number of carbonyl (C=O) groups excluding carboxylic acids is 3. The van der Waals surface area contributed by atoms with Crippen molar-refractivity contribution in [2.75, 3.05) is 44.0 Å². The van der Waals surface area contributed by atoms with Gasteiger partial charge in [-0.3, -0.25) is 9.59 Å². The van der Waals surface area contributed by atoms with E-state index in [0.717, 1.165) is 56.1 Å². The molecular formula is C36H39F6N5O5S. The molecule has 286 valence electrons. The lowest BCUT2D eigenvalue weighted by atomic mass is 10.0. The summed E-state index contributed by atoms with van der Waals surface area (Å²) in [5.74, 6) is 2.77. The Morgan fingerprint density at radius 1 is 1.02 bits per heavy atom. The van der Waals surface area contributed by atoms with Crippen molar-refractivity contribution in [3.8, 4) is 17.6 Å². The topological polar surface area (TPSA) is 135 Å². The molecule has 1 aromatic heterocycles. The molecule has 0 bridgehead atoms. The predicted octanol–water partition coefficient (Wildman–Crippen LogP) is 5.99. The third-order valence-corrected chi connectivity index (χ3v) is 10.0. The first-order chi connectivity index (χ1) is 25.1. The fourth-order valence-corrected chi connectivity index (χ4v) is 7.27. The molecule has 1 aliphatic heterocycles. The molecule has 2 aromatic carbocycles. The summed E-state index contributed by atoms with van der Waals surface area (Å²) in [4.78, 5) is 39.0. The second kappa shape index (κ2) is 17.0. The number of likely N-dealkylation sites (tertiary alicyclic amines) is 1. The Kier molecular flexibility index (Phi) is 12.7. The number of piperidine rings is 1. The number of benzene rings is 2. The summed E-state index contributed by atoms with van der Waals surface area (Å²) in [5.41, 5.74) is 5.77. The number of hydrogen-bond donors (Lipinski definition) is 4. The summed E-state index contributed by atoms with van der Waals surface area (Å²) in [6.07, 6.45) is -6.52. The summed E-state index contributed by atoms with van der Waals surface area (Å²) in [6.45, 7) is 0.0498. The summed E-state index contributed by atoms with van der Waals surface area (Å²) in [7, 11) is 1.07. The zero-order valence-electron chi connectivity index (χ0n) is 28.7. The van der Waals surface area contributed by atoms with Crippen LogP contribution in [0.25, 0.3) is 10.1 Å². The second-order valence-electron chi connectivity index (χ2n) is 12.9. The molecule has 1 saturated carbocycles. The SMILES string of the molecule is COC(=O)C(CCC(N)=O)NC(=O)c1ccc(NCC#Cc2sc3c(NC4CCN(C5CC5)CC4)cccc3c2CC(F)(F)F)c(OCC(F)(F)F)c1. The number of thiophene rings is 1. The summed E-state index contributed by atoms with van der Waals surface area (Å²) in [5, 5.41) is 9.18. The number of ether oxygens (including phenoxy) is 2. The van der Waals surface area contributed by atoms with Crippen molar-refractivity contribution in [1.29, 1.82) is 0 Å². The van der Waals surface area contributed by atoms with Gasteiger partial charge in [0.15, 0.2) is 6.61 Å². The summed E-state index contributed by atoms with van der Waals surface area (Å²) in [6, 6.07) is 8.36. The number of methoxy groups -OCH3 is 1. The molecule has 5 N–H and O–H groups in total. The third-order valence-electron chi connectivity index (χ3n) is 8.82. The second-order valence-corrected chi connectivity index (χ2v) is 13.9. The van der Waals surface area contributed by atoms with Gasteiger partial charge in [0.2, 0.25) is 5.91 Å². The van der Waals surface area contributed by atoms with E-state index in [0.29, 0.717) is 16.1 Å². The maximum atomic E-state index is 13.8. The van der Waals surface area contributed by atoms with Gasteiger partial charge >= 0.3 is 18.3 Å². The number of anilines is 2. The Labute approximate surface area is 305 Å². The van der Waals surface area contributed by atoms with Crippen LogP contribution < -0.4 is 26.4 Å². The quantitative estimate of drug-likeness (QED) is 0.0894. The minimum absolute atomic E-state index is 0.0180. The first-order valence-electron chi connectivity index (χ1n) is 16.9. The van der Waals surface area contributed by atoms with Crippen LogP contribution in [0.2, 0.25) is 0 Å². The molecule has 2 amide bonds. The Bertz CT molecular complexity index is 1860. The van der Waals surface area contributed by atoms with Crippen LogP contribution in [0.5, 0.6) is 5.75 Å². The van der Waals surface area contributed by atoms with Crippen LogP contribution >= 0.6 is 11.3 Å². The fraction of sp³-hybridized carbons (Fsp3) is 0.472. The molecule has 2 heterocycles. The Balaban J connectivity index is 1.34. The van der Waals surface area contributed by atoms with E-state index < -0.39 is 49.2 Å². The van der Waals surface area contributed by atoms with E-state index in [-0.39, 0.29) is 52.9 Å².